The molecule has 2 N–H and O–H groups in total. The molecular formula is C20H22N4O3S2. The Labute approximate surface area is 173 Å². The quantitative estimate of drug-likeness (QED) is 0.611. The van der Waals surface area contributed by atoms with Crippen molar-refractivity contribution in [3.05, 3.63) is 35.0 Å². The van der Waals surface area contributed by atoms with E-state index in [-0.39, 0.29) is 10.6 Å². The standard InChI is InChI=1S/C20H22N4O3S2/c25-16-8-7-13(29(26,27)24-9-3-4-10-24)11-15(16)23-19-18-14-5-1-2-6-17(14)28-20(18)22-12-21-19/h7-8,11-12,25H,1-6,9-10H2,(H,21,22,23). The Morgan fingerprint density at radius 2 is 1.86 bits per heavy atom. The van der Waals surface area contributed by atoms with Crippen molar-refractivity contribution in [3.8, 4) is 5.75 Å². The number of phenols is 1. The van der Waals surface area contributed by atoms with Crippen LogP contribution < -0.4 is 5.32 Å². The summed E-state index contributed by atoms with van der Waals surface area (Å²) in [6.07, 6.45) is 7.65. The summed E-state index contributed by atoms with van der Waals surface area (Å²) in [6.45, 7) is 1.08. The maximum absolute atomic E-state index is 12.9. The van der Waals surface area contributed by atoms with Gasteiger partial charge in [0.1, 0.15) is 22.7 Å². The molecular weight excluding hydrogens is 408 g/mol. The van der Waals surface area contributed by atoms with Crippen molar-refractivity contribution >= 4 is 43.1 Å². The molecule has 9 heteroatoms. The zero-order valence-electron chi connectivity index (χ0n) is 15.9. The van der Waals surface area contributed by atoms with E-state index in [1.54, 1.807) is 11.3 Å². The molecule has 0 saturated carbocycles. The zero-order chi connectivity index (χ0) is 20.0. The number of benzene rings is 1. The van der Waals surface area contributed by atoms with Crippen molar-refractivity contribution in [2.24, 2.45) is 0 Å². The molecule has 1 aliphatic carbocycles. The number of hydrogen-bond acceptors (Lipinski definition) is 7. The molecule has 0 atom stereocenters. The lowest BCUT2D eigenvalue weighted by Crippen LogP contribution is -2.27. The average molecular weight is 431 g/mol. The van der Waals surface area contributed by atoms with E-state index in [2.05, 4.69) is 15.3 Å². The Morgan fingerprint density at radius 1 is 1.07 bits per heavy atom. The summed E-state index contributed by atoms with van der Waals surface area (Å²) in [5, 5.41) is 14.5. The van der Waals surface area contributed by atoms with Gasteiger partial charge in [0.25, 0.3) is 0 Å². The molecule has 5 rings (SSSR count). The second-order valence-electron chi connectivity index (χ2n) is 7.53. The molecule has 3 heterocycles. The first kappa shape index (κ1) is 18.8. The van der Waals surface area contributed by atoms with Crippen LogP contribution in [0, 0.1) is 0 Å². The van der Waals surface area contributed by atoms with Crippen LogP contribution in [-0.4, -0.2) is 40.9 Å². The molecule has 0 bridgehead atoms. The SMILES string of the molecule is O=S(=O)(c1ccc(O)c(Nc2ncnc3sc4c(c23)CCCC4)c1)N1CCCC1. The molecule has 3 aromatic rings. The van der Waals surface area contributed by atoms with E-state index in [9.17, 15) is 13.5 Å². The molecule has 7 nitrogen and oxygen atoms in total. The van der Waals surface area contributed by atoms with Crippen molar-refractivity contribution in [1.82, 2.24) is 14.3 Å². The number of aryl methyl sites for hydroxylation is 2. The van der Waals surface area contributed by atoms with Gasteiger partial charge in [0, 0.05) is 18.0 Å². The fourth-order valence-electron chi connectivity index (χ4n) is 4.17. The lowest BCUT2D eigenvalue weighted by molar-refractivity contribution is 0.473. The van der Waals surface area contributed by atoms with E-state index in [4.69, 9.17) is 0 Å². The normalized spacial score (nSPS) is 17.5. The van der Waals surface area contributed by atoms with Gasteiger partial charge < -0.3 is 10.4 Å². The summed E-state index contributed by atoms with van der Waals surface area (Å²) in [4.78, 5) is 11.3. The van der Waals surface area contributed by atoms with Crippen LogP contribution in [0.1, 0.15) is 36.1 Å². The smallest absolute Gasteiger partial charge is 0.243 e. The maximum Gasteiger partial charge on any atom is 0.243 e. The van der Waals surface area contributed by atoms with E-state index in [0.29, 0.717) is 24.6 Å². The second-order valence-corrected chi connectivity index (χ2v) is 10.6. The first-order valence-corrected chi connectivity index (χ1v) is 12.1. The van der Waals surface area contributed by atoms with E-state index < -0.39 is 10.0 Å². The highest BCUT2D eigenvalue weighted by Gasteiger charge is 2.28. The Balaban J connectivity index is 1.55. The van der Waals surface area contributed by atoms with Crippen molar-refractivity contribution in [2.75, 3.05) is 18.4 Å². The third kappa shape index (κ3) is 3.27. The summed E-state index contributed by atoms with van der Waals surface area (Å²) in [7, 11) is -3.56. The summed E-state index contributed by atoms with van der Waals surface area (Å²) >= 11 is 1.70. The highest BCUT2D eigenvalue weighted by atomic mass is 32.2. The molecule has 2 aliphatic rings. The molecule has 0 amide bonds. The van der Waals surface area contributed by atoms with E-state index in [0.717, 1.165) is 42.3 Å². The highest BCUT2D eigenvalue weighted by molar-refractivity contribution is 7.89. The van der Waals surface area contributed by atoms with Gasteiger partial charge in [0.15, 0.2) is 0 Å². The van der Waals surface area contributed by atoms with Crippen LogP contribution in [0.3, 0.4) is 0 Å². The topological polar surface area (TPSA) is 95.4 Å². The number of sulfonamides is 1. The number of aromatic nitrogens is 2. The molecule has 1 aliphatic heterocycles. The van der Waals surface area contributed by atoms with Crippen molar-refractivity contribution in [2.45, 2.75) is 43.4 Å². The summed E-state index contributed by atoms with van der Waals surface area (Å²) in [5.74, 6) is 0.599. The number of nitrogens with zero attached hydrogens (tertiary/aromatic N) is 3. The molecule has 2 aromatic heterocycles. The number of hydrogen-bond donors (Lipinski definition) is 2. The molecule has 152 valence electrons. The molecule has 0 unspecified atom stereocenters. The number of nitrogens with one attached hydrogen (secondary N) is 1. The van der Waals surface area contributed by atoms with Gasteiger partial charge in [0.2, 0.25) is 10.0 Å². The third-order valence-electron chi connectivity index (χ3n) is 5.68. The fraction of sp³-hybridized carbons (Fsp3) is 0.400. The number of aromatic hydroxyl groups is 1. The monoisotopic (exact) mass is 430 g/mol. The number of anilines is 2. The molecule has 29 heavy (non-hydrogen) atoms. The largest absolute Gasteiger partial charge is 0.506 e. The molecule has 0 radical (unpaired) electrons. The second kappa shape index (κ2) is 7.23. The van der Waals surface area contributed by atoms with Gasteiger partial charge in [0.05, 0.1) is 16.0 Å². The van der Waals surface area contributed by atoms with Crippen LogP contribution in [0.4, 0.5) is 11.5 Å². The molecule has 1 fully saturated rings. The Morgan fingerprint density at radius 3 is 2.69 bits per heavy atom. The van der Waals surface area contributed by atoms with Gasteiger partial charge in [-0.25, -0.2) is 18.4 Å². The van der Waals surface area contributed by atoms with Crippen molar-refractivity contribution < 1.29 is 13.5 Å². The first-order chi connectivity index (χ1) is 14.0. The molecule has 1 saturated heterocycles. The van der Waals surface area contributed by atoms with Gasteiger partial charge in [-0.3, -0.25) is 0 Å². The summed E-state index contributed by atoms with van der Waals surface area (Å²) in [6, 6.07) is 4.37. The Hall–Kier alpha value is -2.23. The average Bonchev–Trinajstić information content (AvgIpc) is 3.38. The first-order valence-electron chi connectivity index (χ1n) is 9.89. The number of thiophene rings is 1. The number of rotatable bonds is 4. The van der Waals surface area contributed by atoms with Crippen LogP contribution in [0.2, 0.25) is 0 Å². The van der Waals surface area contributed by atoms with Gasteiger partial charge in [-0.05, 0) is 62.3 Å². The summed E-state index contributed by atoms with van der Waals surface area (Å²) in [5.41, 5.74) is 1.61. The van der Waals surface area contributed by atoms with Gasteiger partial charge >= 0.3 is 0 Å². The Bertz CT molecular complexity index is 1180. The lowest BCUT2D eigenvalue weighted by atomic mass is 9.97. The van der Waals surface area contributed by atoms with Crippen LogP contribution in [0.25, 0.3) is 10.2 Å². The van der Waals surface area contributed by atoms with Gasteiger partial charge in [-0.15, -0.1) is 11.3 Å². The fourth-order valence-corrected chi connectivity index (χ4v) is 6.94. The van der Waals surface area contributed by atoms with E-state index in [1.807, 2.05) is 0 Å². The van der Waals surface area contributed by atoms with Crippen LogP contribution in [0.15, 0.2) is 29.4 Å². The van der Waals surface area contributed by atoms with Crippen LogP contribution in [-0.2, 0) is 22.9 Å². The zero-order valence-corrected chi connectivity index (χ0v) is 17.5. The minimum Gasteiger partial charge on any atom is -0.506 e. The van der Waals surface area contributed by atoms with E-state index >= 15 is 0 Å². The van der Waals surface area contributed by atoms with Crippen molar-refractivity contribution in [3.63, 3.8) is 0 Å². The molecule has 0 spiro atoms. The summed E-state index contributed by atoms with van der Waals surface area (Å²) < 4.78 is 27.3. The minimum atomic E-state index is -3.56. The molecule has 1 aromatic carbocycles. The third-order valence-corrected chi connectivity index (χ3v) is 8.77. The number of fused-ring (bicyclic) bond motifs is 3. The Kier molecular flexibility index (Phi) is 4.68. The van der Waals surface area contributed by atoms with Crippen molar-refractivity contribution in [1.29, 1.82) is 0 Å². The van der Waals surface area contributed by atoms with Crippen LogP contribution in [0.5, 0.6) is 5.75 Å². The van der Waals surface area contributed by atoms with Gasteiger partial charge in [-0.1, -0.05) is 0 Å². The predicted octanol–water partition coefficient (Wildman–Crippen LogP) is 3.80. The maximum atomic E-state index is 12.9. The predicted molar refractivity (Wildman–Crippen MR) is 113 cm³/mol. The number of phenolic OH excluding ortho intramolecular Hbond substituents is 1. The van der Waals surface area contributed by atoms with E-state index in [1.165, 1.54) is 45.7 Å². The highest BCUT2D eigenvalue weighted by Crippen LogP contribution is 2.40. The van der Waals surface area contributed by atoms with Gasteiger partial charge in [-0.2, -0.15) is 4.31 Å². The van der Waals surface area contributed by atoms with Crippen LogP contribution >= 0.6 is 11.3 Å². The lowest BCUT2D eigenvalue weighted by Gasteiger charge is -2.17. The minimum absolute atomic E-state index is 0.0127.